The van der Waals surface area contributed by atoms with Crippen LogP contribution >= 0.6 is 0 Å². The van der Waals surface area contributed by atoms with Crippen molar-refractivity contribution in [3.05, 3.63) is 128 Å². The van der Waals surface area contributed by atoms with E-state index in [1.54, 1.807) is 12.4 Å². The van der Waals surface area contributed by atoms with Gasteiger partial charge >= 0.3 is 0 Å². The van der Waals surface area contributed by atoms with E-state index in [2.05, 4.69) is 125 Å². The van der Waals surface area contributed by atoms with Gasteiger partial charge in [-0.3, -0.25) is 9.97 Å². The summed E-state index contributed by atoms with van der Waals surface area (Å²) in [4.78, 5) is 9.42. The molecule has 3 heteroatoms. The summed E-state index contributed by atoms with van der Waals surface area (Å²) in [5.41, 5.74) is 7.84. The van der Waals surface area contributed by atoms with Crippen molar-refractivity contribution in [3.63, 3.8) is 0 Å². The van der Waals surface area contributed by atoms with Gasteiger partial charge < -0.3 is 4.57 Å². The average Bonchev–Trinajstić information content (AvgIpc) is 3.32. The van der Waals surface area contributed by atoms with Crippen LogP contribution in [-0.2, 0) is 0 Å². The molecule has 6 aromatic carbocycles. The number of benzene rings is 6. The van der Waals surface area contributed by atoms with E-state index in [4.69, 9.17) is 4.98 Å². The van der Waals surface area contributed by atoms with E-state index in [1.807, 2.05) is 0 Å². The Kier molecular flexibility index (Phi) is 4.23. The number of hydrogen-bond acceptors (Lipinski definition) is 2. The summed E-state index contributed by atoms with van der Waals surface area (Å²) in [6.45, 7) is 0. The molecule has 2 heterocycles. The van der Waals surface area contributed by atoms with Crippen molar-refractivity contribution >= 4 is 54.4 Å². The molecule has 0 aliphatic heterocycles. The highest BCUT2D eigenvalue weighted by Gasteiger charge is 2.13. The molecule has 0 fully saturated rings. The molecule has 2 aromatic heterocycles. The molecule has 0 saturated heterocycles. The second kappa shape index (κ2) is 7.74. The molecule has 3 nitrogen and oxygen atoms in total. The van der Waals surface area contributed by atoms with E-state index in [9.17, 15) is 0 Å². The van der Waals surface area contributed by atoms with E-state index in [0.717, 1.165) is 27.5 Å². The van der Waals surface area contributed by atoms with Gasteiger partial charge in [0.05, 0.1) is 22.1 Å². The molecule has 0 aliphatic rings. The summed E-state index contributed by atoms with van der Waals surface area (Å²) in [7, 11) is 0. The van der Waals surface area contributed by atoms with Crippen LogP contribution in [0.5, 0.6) is 0 Å². The first kappa shape index (κ1) is 20.2. The lowest BCUT2D eigenvalue weighted by Gasteiger charge is -2.12. The van der Waals surface area contributed by atoms with Gasteiger partial charge in [0.15, 0.2) is 0 Å². The van der Waals surface area contributed by atoms with Gasteiger partial charge in [0, 0.05) is 39.6 Å². The summed E-state index contributed by atoms with van der Waals surface area (Å²) in [5, 5.41) is 7.23. The van der Waals surface area contributed by atoms with Crippen LogP contribution in [0.2, 0.25) is 0 Å². The van der Waals surface area contributed by atoms with Crippen LogP contribution in [0.4, 0.5) is 0 Å². The largest absolute Gasteiger partial charge is 0.309 e. The smallest absolute Gasteiger partial charge is 0.0971 e. The van der Waals surface area contributed by atoms with Gasteiger partial charge in [-0.2, -0.15) is 0 Å². The van der Waals surface area contributed by atoms with Crippen molar-refractivity contribution in [3.8, 4) is 16.8 Å². The van der Waals surface area contributed by atoms with Crippen LogP contribution in [-0.4, -0.2) is 14.5 Å². The third-order valence-corrected chi connectivity index (χ3v) is 7.48. The van der Waals surface area contributed by atoms with E-state index >= 15 is 0 Å². The maximum atomic E-state index is 4.73. The molecule has 172 valence electrons. The second-order valence-electron chi connectivity index (χ2n) is 9.48. The van der Waals surface area contributed by atoms with Crippen molar-refractivity contribution in [2.75, 3.05) is 0 Å². The summed E-state index contributed by atoms with van der Waals surface area (Å²) >= 11 is 0. The fourth-order valence-corrected chi connectivity index (χ4v) is 5.81. The van der Waals surface area contributed by atoms with Crippen molar-refractivity contribution in [1.29, 1.82) is 0 Å². The highest BCUT2D eigenvalue weighted by molar-refractivity contribution is 6.23. The normalized spacial score (nSPS) is 11.8. The molecule has 8 rings (SSSR count). The minimum Gasteiger partial charge on any atom is -0.309 e. The molecule has 0 bridgehead atoms. The number of aromatic nitrogens is 3. The Balaban J connectivity index is 1.31. The van der Waals surface area contributed by atoms with Crippen molar-refractivity contribution in [1.82, 2.24) is 14.5 Å². The average molecular weight is 472 g/mol. The summed E-state index contributed by atoms with van der Waals surface area (Å²) < 4.78 is 2.35. The lowest BCUT2D eigenvalue weighted by atomic mass is 9.95. The Labute approximate surface area is 213 Å². The lowest BCUT2D eigenvalue weighted by molar-refractivity contribution is 1.18. The minimum atomic E-state index is 0.944. The first-order chi connectivity index (χ1) is 18.4. The summed E-state index contributed by atoms with van der Waals surface area (Å²) in [5.74, 6) is 0. The number of nitrogens with zero attached hydrogens (tertiary/aromatic N) is 3. The van der Waals surface area contributed by atoms with Gasteiger partial charge in [0.25, 0.3) is 0 Å². The predicted molar refractivity (Wildman–Crippen MR) is 154 cm³/mol. The maximum Gasteiger partial charge on any atom is 0.0971 e. The topological polar surface area (TPSA) is 30.7 Å². The zero-order valence-electron chi connectivity index (χ0n) is 20.0. The summed E-state index contributed by atoms with van der Waals surface area (Å²) in [6, 6.07) is 41.3. The van der Waals surface area contributed by atoms with Crippen molar-refractivity contribution in [2.24, 2.45) is 0 Å². The quantitative estimate of drug-likeness (QED) is 0.236. The van der Waals surface area contributed by atoms with Gasteiger partial charge in [-0.25, -0.2) is 0 Å². The van der Waals surface area contributed by atoms with Gasteiger partial charge in [-0.05, 0) is 52.2 Å². The number of fused-ring (bicyclic) bond motifs is 9. The Morgan fingerprint density at radius 1 is 0.405 bits per heavy atom. The first-order valence-electron chi connectivity index (χ1n) is 12.5. The van der Waals surface area contributed by atoms with Crippen LogP contribution in [0.1, 0.15) is 0 Å². The molecular weight excluding hydrogens is 450 g/mol. The van der Waals surface area contributed by atoms with Gasteiger partial charge in [0.2, 0.25) is 0 Å². The van der Waals surface area contributed by atoms with E-state index in [1.165, 1.54) is 43.7 Å². The molecular formula is C34H21N3. The lowest BCUT2D eigenvalue weighted by Crippen LogP contribution is -1.93. The van der Waals surface area contributed by atoms with E-state index in [-0.39, 0.29) is 0 Å². The van der Waals surface area contributed by atoms with Gasteiger partial charge in [0.1, 0.15) is 0 Å². The zero-order valence-corrected chi connectivity index (χ0v) is 20.0. The molecule has 0 unspecified atom stereocenters. The van der Waals surface area contributed by atoms with Gasteiger partial charge in [-0.15, -0.1) is 0 Å². The number of hydrogen-bond donors (Lipinski definition) is 0. The minimum absolute atomic E-state index is 0.944. The van der Waals surface area contributed by atoms with Crippen LogP contribution < -0.4 is 0 Å². The highest BCUT2D eigenvalue weighted by atomic mass is 15.0. The fraction of sp³-hybridized carbons (Fsp3) is 0. The molecule has 0 amide bonds. The van der Waals surface area contributed by atoms with E-state index < -0.39 is 0 Å². The zero-order chi connectivity index (χ0) is 24.3. The van der Waals surface area contributed by atoms with Crippen LogP contribution in [0.3, 0.4) is 0 Å². The molecule has 37 heavy (non-hydrogen) atoms. The fourth-order valence-electron chi connectivity index (χ4n) is 5.81. The van der Waals surface area contributed by atoms with Gasteiger partial charge in [-0.1, -0.05) is 84.9 Å². The standard InChI is InChI=1S/C34H21N3/c1-2-10-29-25(7-1)26-18-15-23(21-30(26)34-33(29)35-19-20-36-34)22-13-16-24(17-14-22)37-31-11-5-3-8-27(31)28-9-4-6-12-32(28)37/h1-21H. The molecule has 0 atom stereocenters. The highest BCUT2D eigenvalue weighted by Crippen LogP contribution is 2.36. The van der Waals surface area contributed by atoms with E-state index in [0.29, 0.717) is 0 Å². The van der Waals surface area contributed by atoms with Crippen LogP contribution in [0.25, 0.3) is 71.2 Å². The predicted octanol–water partition coefficient (Wildman–Crippen LogP) is 8.70. The second-order valence-corrected chi connectivity index (χ2v) is 9.48. The maximum absolute atomic E-state index is 4.73. The molecule has 0 N–H and O–H groups in total. The number of rotatable bonds is 2. The SMILES string of the molecule is c1ccc2c(c1)c1ccc(-c3ccc(-n4c5ccccc5c5ccccc54)cc3)cc1c1nccnc21. The van der Waals surface area contributed by atoms with Crippen molar-refractivity contribution < 1.29 is 0 Å². The Morgan fingerprint density at radius 2 is 0.919 bits per heavy atom. The molecule has 0 aliphatic carbocycles. The molecule has 0 radical (unpaired) electrons. The molecule has 0 spiro atoms. The molecule has 0 saturated carbocycles. The van der Waals surface area contributed by atoms with Crippen LogP contribution in [0.15, 0.2) is 128 Å². The third-order valence-electron chi connectivity index (χ3n) is 7.48. The monoisotopic (exact) mass is 471 g/mol. The summed E-state index contributed by atoms with van der Waals surface area (Å²) in [6.07, 6.45) is 3.56. The Morgan fingerprint density at radius 3 is 1.59 bits per heavy atom. The third kappa shape index (κ3) is 2.95. The number of para-hydroxylation sites is 2. The van der Waals surface area contributed by atoms with Crippen molar-refractivity contribution in [2.45, 2.75) is 0 Å². The Hall–Kier alpha value is -5.02. The van der Waals surface area contributed by atoms with Crippen LogP contribution in [0, 0.1) is 0 Å². The first-order valence-corrected chi connectivity index (χ1v) is 12.5. The Bertz CT molecular complexity index is 2050. The molecule has 8 aromatic rings.